The lowest BCUT2D eigenvalue weighted by Gasteiger charge is -2.35. The third-order valence-corrected chi connectivity index (χ3v) is 5.80. The zero-order chi connectivity index (χ0) is 26.7. The van der Waals surface area contributed by atoms with Crippen LogP contribution in [0.4, 0.5) is 44.3 Å². The Morgan fingerprint density at radius 3 is 1.89 bits per heavy atom. The molecule has 0 spiro atoms. The van der Waals surface area contributed by atoms with Gasteiger partial charge in [-0.2, -0.15) is 26.3 Å². The summed E-state index contributed by atoms with van der Waals surface area (Å²) in [5.41, 5.74) is 0.832. The smallest absolute Gasteiger partial charge is 0.426 e. The molecule has 36 heavy (non-hydrogen) atoms. The van der Waals surface area contributed by atoms with Gasteiger partial charge in [0.25, 0.3) is 6.10 Å². The topological polar surface area (TPSA) is 45.2 Å². The fourth-order valence-corrected chi connectivity index (χ4v) is 4.07. The van der Waals surface area contributed by atoms with Crippen LogP contribution in [0.3, 0.4) is 0 Å². The molecule has 0 atom stereocenters. The third-order valence-electron chi connectivity index (χ3n) is 5.80. The summed E-state index contributed by atoms with van der Waals surface area (Å²) in [6.07, 6.45) is -20.6. The second kappa shape index (κ2) is 10.9. The van der Waals surface area contributed by atoms with Gasteiger partial charge in [0.2, 0.25) is 0 Å². The Hall–Kier alpha value is -2.42. The molecule has 2 aliphatic heterocycles. The Bertz CT molecular complexity index is 877. The number of carbonyl (C=O) groups is 1. The highest BCUT2D eigenvalue weighted by atomic mass is 19.4. The quantitative estimate of drug-likeness (QED) is 0.482. The van der Waals surface area contributed by atoms with Crippen LogP contribution in [0, 0.1) is 0 Å². The first-order chi connectivity index (χ1) is 16.6. The molecular weight excluding hydrogens is 513 g/mol. The molecule has 15 heteroatoms. The number of alkyl halides is 9. The summed E-state index contributed by atoms with van der Waals surface area (Å²) in [4.78, 5) is 16.3. The van der Waals surface area contributed by atoms with Crippen LogP contribution in [0.25, 0.3) is 0 Å². The van der Waals surface area contributed by atoms with E-state index in [1.165, 1.54) is 12.1 Å². The number of piperazine rings is 1. The van der Waals surface area contributed by atoms with Crippen molar-refractivity contribution in [2.24, 2.45) is 0 Å². The van der Waals surface area contributed by atoms with Crippen LogP contribution in [0.1, 0.15) is 24.0 Å². The van der Waals surface area contributed by atoms with Gasteiger partial charge in [-0.3, -0.25) is 9.80 Å². The molecule has 0 saturated carbocycles. The molecule has 0 N–H and O–H groups in total. The minimum atomic E-state index is -5.83. The number of ether oxygens (including phenoxy) is 2. The van der Waals surface area contributed by atoms with E-state index >= 15 is 0 Å². The van der Waals surface area contributed by atoms with Gasteiger partial charge in [0, 0.05) is 44.8 Å². The zero-order valence-electron chi connectivity index (χ0n) is 18.8. The lowest BCUT2D eigenvalue weighted by Crippen LogP contribution is -2.52. The minimum absolute atomic E-state index is 0.0151. The Balaban J connectivity index is 1.61. The molecule has 204 valence electrons. The number of halogens is 9. The Morgan fingerprint density at radius 2 is 1.36 bits per heavy atom. The number of benzene rings is 1. The van der Waals surface area contributed by atoms with E-state index in [0.29, 0.717) is 17.0 Å². The average molecular weight is 537 g/mol. The highest BCUT2D eigenvalue weighted by Gasteiger charge is 2.60. The van der Waals surface area contributed by atoms with Crippen LogP contribution < -0.4 is 4.74 Å². The third kappa shape index (κ3) is 8.05. The lowest BCUT2D eigenvalue weighted by atomic mass is 10.1. The van der Waals surface area contributed by atoms with Crippen molar-refractivity contribution in [3.05, 3.63) is 29.3 Å². The molecule has 0 unspecified atom stereocenters. The lowest BCUT2D eigenvalue weighted by molar-refractivity contribution is -0.308. The second-order valence-electron chi connectivity index (χ2n) is 8.58. The van der Waals surface area contributed by atoms with E-state index in [4.69, 9.17) is 0 Å². The van der Waals surface area contributed by atoms with Gasteiger partial charge in [-0.1, -0.05) is 12.1 Å². The summed E-state index contributed by atoms with van der Waals surface area (Å²) < 4.78 is 123. The first-order valence-electron chi connectivity index (χ1n) is 11.0. The summed E-state index contributed by atoms with van der Waals surface area (Å²) in [5, 5.41) is 0. The number of hydrogen-bond donors (Lipinski definition) is 0. The molecular formula is C21H24F9N3O3. The fourth-order valence-electron chi connectivity index (χ4n) is 4.07. The van der Waals surface area contributed by atoms with Crippen LogP contribution in [-0.4, -0.2) is 84.9 Å². The summed E-state index contributed by atoms with van der Waals surface area (Å²) in [6.45, 7) is 1.54. The van der Waals surface area contributed by atoms with Crippen molar-refractivity contribution in [3.8, 4) is 5.75 Å². The molecule has 0 bridgehead atoms. The van der Waals surface area contributed by atoms with Crippen molar-refractivity contribution in [3.63, 3.8) is 0 Å². The molecule has 1 aromatic rings. The maximum absolute atomic E-state index is 13.0. The molecule has 3 rings (SSSR count). The molecule has 2 fully saturated rings. The van der Waals surface area contributed by atoms with E-state index < -0.39 is 30.9 Å². The van der Waals surface area contributed by atoms with Gasteiger partial charge in [-0.15, -0.1) is 13.2 Å². The molecule has 2 heterocycles. The maximum atomic E-state index is 13.0. The number of rotatable bonds is 6. The largest absolute Gasteiger partial charge is 0.573 e. The summed E-state index contributed by atoms with van der Waals surface area (Å²) in [5.74, 6) is -0.390. The Kier molecular flexibility index (Phi) is 8.53. The molecule has 1 aromatic carbocycles. The van der Waals surface area contributed by atoms with E-state index in [-0.39, 0.29) is 44.0 Å². The molecule has 1 amide bonds. The molecule has 0 radical (unpaired) electrons. The number of likely N-dealkylation sites (tertiary alicyclic amines) is 1. The highest BCUT2D eigenvalue weighted by Crippen LogP contribution is 2.36. The number of nitrogens with zero attached hydrogens (tertiary/aromatic N) is 3. The molecule has 0 aromatic heterocycles. The average Bonchev–Trinajstić information content (AvgIpc) is 3.24. The first kappa shape index (κ1) is 28.2. The summed E-state index contributed by atoms with van der Waals surface area (Å²) >= 11 is 0. The van der Waals surface area contributed by atoms with Gasteiger partial charge >= 0.3 is 24.8 Å². The van der Waals surface area contributed by atoms with Crippen LogP contribution in [0.15, 0.2) is 18.2 Å². The highest BCUT2D eigenvalue weighted by molar-refractivity contribution is 5.68. The van der Waals surface area contributed by atoms with Crippen molar-refractivity contribution in [1.82, 2.24) is 14.7 Å². The van der Waals surface area contributed by atoms with E-state index in [1.807, 2.05) is 0 Å². The van der Waals surface area contributed by atoms with Gasteiger partial charge in [0.05, 0.1) is 0 Å². The van der Waals surface area contributed by atoms with Crippen LogP contribution in [0.2, 0.25) is 0 Å². The Morgan fingerprint density at radius 1 is 0.806 bits per heavy atom. The van der Waals surface area contributed by atoms with E-state index in [0.717, 1.165) is 25.9 Å². The van der Waals surface area contributed by atoms with Crippen LogP contribution in [-0.2, 0) is 17.8 Å². The maximum Gasteiger partial charge on any atom is 0.573 e. The molecule has 0 aliphatic carbocycles. The van der Waals surface area contributed by atoms with Crippen LogP contribution in [0.5, 0.6) is 5.75 Å². The second-order valence-corrected chi connectivity index (χ2v) is 8.58. The van der Waals surface area contributed by atoms with Gasteiger partial charge < -0.3 is 14.4 Å². The number of amides is 1. The van der Waals surface area contributed by atoms with E-state index in [2.05, 4.69) is 14.4 Å². The molecule has 6 nitrogen and oxygen atoms in total. The monoisotopic (exact) mass is 537 g/mol. The predicted molar refractivity (Wildman–Crippen MR) is 107 cm³/mol. The van der Waals surface area contributed by atoms with Gasteiger partial charge in [-0.05, 0) is 37.6 Å². The van der Waals surface area contributed by atoms with E-state index in [1.54, 1.807) is 11.0 Å². The number of carbonyl (C=O) groups excluding carboxylic acids is 1. The summed E-state index contributed by atoms with van der Waals surface area (Å²) in [6, 6.07) is 4.48. The predicted octanol–water partition coefficient (Wildman–Crippen LogP) is 4.93. The van der Waals surface area contributed by atoms with Crippen LogP contribution >= 0.6 is 0 Å². The normalized spacial score (nSPS) is 18.7. The van der Waals surface area contributed by atoms with Gasteiger partial charge in [0.15, 0.2) is 0 Å². The van der Waals surface area contributed by atoms with Gasteiger partial charge in [0.1, 0.15) is 5.75 Å². The SMILES string of the molecule is O=C(OC(C(F)(F)F)C(F)(F)F)N1CCN(Cc2ccc(CN3CCCC3)cc2OC(F)(F)F)CC1. The van der Waals surface area contributed by atoms with Gasteiger partial charge in [-0.25, -0.2) is 4.79 Å². The first-order valence-corrected chi connectivity index (χ1v) is 11.0. The van der Waals surface area contributed by atoms with Crippen molar-refractivity contribution < 1.29 is 53.8 Å². The van der Waals surface area contributed by atoms with Crippen molar-refractivity contribution in [1.29, 1.82) is 0 Å². The molecule has 2 aliphatic rings. The number of hydrogen-bond acceptors (Lipinski definition) is 5. The Labute approximate surface area is 200 Å². The fraction of sp³-hybridized carbons (Fsp3) is 0.667. The van der Waals surface area contributed by atoms with E-state index in [9.17, 15) is 44.3 Å². The van der Waals surface area contributed by atoms with Crippen molar-refractivity contribution in [2.45, 2.75) is 50.8 Å². The van der Waals surface area contributed by atoms with Crippen molar-refractivity contribution >= 4 is 6.09 Å². The van der Waals surface area contributed by atoms with Crippen molar-refractivity contribution in [2.75, 3.05) is 39.3 Å². The minimum Gasteiger partial charge on any atom is -0.426 e. The molecule has 2 saturated heterocycles. The summed E-state index contributed by atoms with van der Waals surface area (Å²) in [7, 11) is 0. The zero-order valence-corrected chi connectivity index (χ0v) is 18.8. The standard InChI is InChI=1S/C21H24F9N3O3/c22-19(23,24)17(20(25,26)27)35-18(34)33-9-7-32(8-10-33)13-15-4-3-14(12-31-5-1-2-6-31)11-16(15)36-21(28,29)30/h3-4,11,17H,1-2,5-10,12-13H2.